The van der Waals surface area contributed by atoms with Gasteiger partial charge in [0.1, 0.15) is 0 Å². The van der Waals surface area contributed by atoms with Gasteiger partial charge in [0.2, 0.25) is 5.28 Å². The van der Waals surface area contributed by atoms with Crippen LogP contribution in [0.2, 0.25) is 5.28 Å². The summed E-state index contributed by atoms with van der Waals surface area (Å²) in [7, 11) is -7.83. The zero-order valence-corrected chi connectivity index (χ0v) is 16.5. The van der Waals surface area contributed by atoms with Crippen molar-refractivity contribution in [1.29, 1.82) is 0 Å². The van der Waals surface area contributed by atoms with Gasteiger partial charge in [0.25, 0.3) is 0 Å². The molecule has 152 valence electrons. The molecule has 0 saturated heterocycles. The molecule has 2 rings (SSSR count). The van der Waals surface area contributed by atoms with E-state index in [9.17, 15) is 9.13 Å². The summed E-state index contributed by atoms with van der Waals surface area (Å²) < 4.78 is 32.2. The van der Waals surface area contributed by atoms with Crippen LogP contribution in [0.3, 0.4) is 0 Å². The summed E-state index contributed by atoms with van der Waals surface area (Å²) in [5.74, 6) is -0.293. The highest BCUT2D eigenvalue weighted by Crippen LogP contribution is 2.39. The van der Waals surface area contributed by atoms with Crippen LogP contribution in [-0.4, -0.2) is 59.4 Å². The number of fused-ring (bicyclic) bond motifs is 1. The number of hydrogen-bond donors (Lipinski definition) is 5. The highest BCUT2D eigenvalue weighted by Gasteiger charge is 2.23. The molecule has 0 atom stereocenters. The molecular weight excluding hydrogens is 428 g/mol. The van der Waals surface area contributed by atoms with Crippen LogP contribution in [0.5, 0.6) is 0 Å². The molecule has 0 fully saturated rings. The topological polar surface area (TPSA) is 189 Å². The van der Waals surface area contributed by atoms with Gasteiger partial charge in [0.05, 0.1) is 19.5 Å². The first kappa shape index (κ1) is 22.2. The molecule has 2 aromatic rings. The lowest BCUT2D eigenvalue weighted by molar-refractivity contribution is 0.112. The Bertz CT molecular complexity index is 857. The van der Waals surface area contributed by atoms with Crippen LogP contribution in [0.15, 0.2) is 6.33 Å². The van der Waals surface area contributed by atoms with E-state index < -0.39 is 34.8 Å². The van der Waals surface area contributed by atoms with Crippen molar-refractivity contribution >= 4 is 44.2 Å². The molecule has 0 amide bonds. The smallest absolute Gasteiger partial charge is 0.371 e. The number of imidazole rings is 1. The lowest BCUT2D eigenvalue weighted by Gasteiger charge is -2.18. The fraction of sp³-hybridized carbons (Fsp3) is 0.545. The fourth-order valence-electron chi connectivity index (χ4n) is 2.20. The third kappa shape index (κ3) is 7.07. The number of anilines is 1. The minimum atomic E-state index is -4.74. The molecule has 0 aromatic carbocycles. The van der Waals surface area contributed by atoms with Crippen molar-refractivity contribution in [3.8, 4) is 0 Å². The normalized spacial score (nSPS) is 12.9. The Kier molecular flexibility index (Phi) is 7.31. The number of nitrogens with zero attached hydrogens (tertiary/aromatic N) is 4. The van der Waals surface area contributed by atoms with Crippen LogP contribution in [0, 0.1) is 5.92 Å². The standard InChI is InChI=1S/C11H18ClN5O8P2/c1-13-9-8-10(16-11(12)15-9)17(6-14-8)3-2-7(4-24-26(18,19)20)5-25-27(21,22)23/h6-7H,2-5H2,1H3,(H,13,15,16)(H2,18,19,20)(H2,21,22,23). The monoisotopic (exact) mass is 445 g/mol. The number of hydrogen-bond acceptors (Lipinski definition) is 8. The number of nitrogens with one attached hydrogen (secondary N) is 1. The minimum Gasteiger partial charge on any atom is -0.371 e. The van der Waals surface area contributed by atoms with E-state index in [0.29, 0.717) is 17.0 Å². The SMILES string of the molecule is CNc1nc(Cl)nc2c1ncn2CCC(COP(=O)(O)O)COP(=O)(O)O. The Labute approximate surface area is 158 Å². The Morgan fingerprint density at radius 2 is 1.78 bits per heavy atom. The molecule has 5 N–H and O–H groups in total. The van der Waals surface area contributed by atoms with Gasteiger partial charge in [0.15, 0.2) is 17.0 Å². The molecule has 0 unspecified atom stereocenters. The van der Waals surface area contributed by atoms with Gasteiger partial charge in [-0.3, -0.25) is 9.05 Å². The van der Waals surface area contributed by atoms with Crippen LogP contribution in [-0.2, 0) is 24.7 Å². The first-order valence-electron chi connectivity index (χ1n) is 7.45. The highest BCUT2D eigenvalue weighted by atomic mass is 35.5. The average Bonchev–Trinajstić information content (AvgIpc) is 2.94. The lowest BCUT2D eigenvalue weighted by atomic mass is 10.1. The van der Waals surface area contributed by atoms with Gasteiger partial charge in [-0.15, -0.1) is 0 Å². The fourth-order valence-corrected chi connectivity index (χ4v) is 3.17. The second kappa shape index (κ2) is 8.91. The summed E-state index contributed by atoms with van der Waals surface area (Å²) in [6.45, 7) is -0.685. The molecule has 0 aliphatic carbocycles. The molecule has 0 radical (unpaired) electrons. The predicted octanol–water partition coefficient (Wildman–Crippen LogP) is 0.746. The maximum atomic E-state index is 10.9. The minimum absolute atomic E-state index is 0.000171. The first-order valence-corrected chi connectivity index (χ1v) is 10.9. The average molecular weight is 446 g/mol. The van der Waals surface area contributed by atoms with Gasteiger partial charge < -0.3 is 29.5 Å². The van der Waals surface area contributed by atoms with Gasteiger partial charge in [0, 0.05) is 19.5 Å². The van der Waals surface area contributed by atoms with Crippen LogP contribution < -0.4 is 5.32 Å². The zero-order valence-electron chi connectivity index (χ0n) is 14.0. The lowest BCUT2D eigenvalue weighted by Crippen LogP contribution is -2.17. The molecule has 0 bridgehead atoms. The largest absolute Gasteiger partial charge is 0.469 e. The van der Waals surface area contributed by atoms with Crippen molar-refractivity contribution in [1.82, 2.24) is 19.5 Å². The van der Waals surface area contributed by atoms with Crippen LogP contribution >= 0.6 is 27.2 Å². The number of halogens is 1. The van der Waals surface area contributed by atoms with Crippen molar-refractivity contribution in [2.45, 2.75) is 13.0 Å². The maximum Gasteiger partial charge on any atom is 0.469 e. The Morgan fingerprint density at radius 3 is 2.30 bits per heavy atom. The summed E-state index contributed by atoms with van der Waals surface area (Å²) in [6, 6.07) is 0. The number of rotatable bonds is 10. The molecule has 0 spiro atoms. The number of aromatic nitrogens is 4. The quantitative estimate of drug-likeness (QED) is 0.255. The van der Waals surface area contributed by atoms with Crippen molar-refractivity contribution in [2.75, 3.05) is 25.6 Å². The number of aryl methyl sites for hydroxylation is 1. The van der Waals surface area contributed by atoms with E-state index in [0.717, 1.165) is 0 Å². The second-order valence-electron chi connectivity index (χ2n) is 5.43. The zero-order chi connectivity index (χ0) is 20.2. The molecule has 2 aromatic heterocycles. The Hall–Kier alpha value is -1.14. The van der Waals surface area contributed by atoms with Gasteiger partial charge in [-0.1, -0.05) is 0 Å². The molecule has 16 heteroatoms. The molecule has 0 aliphatic heterocycles. The van der Waals surface area contributed by atoms with Gasteiger partial charge in [-0.25, -0.2) is 14.1 Å². The molecule has 0 saturated carbocycles. The van der Waals surface area contributed by atoms with E-state index in [2.05, 4.69) is 29.3 Å². The Balaban J connectivity index is 2.13. The number of phosphoric ester groups is 2. The second-order valence-corrected chi connectivity index (χ2v) is 8.25. The molecule has 27 heavy (non-hydrogen) atoms. The molecular formula is C11H18ClN5O8P2. The van der Waals surface area contributed by atoms with E-state index in [1.807, 2.05) is 0 Å². The van der Waals surface area contributed by atoms with Crippen molar-refractivity contribution in [3.63, 3.8) is 0 Å². The third-order valence-electron chi connectivity index (χ3n) is 3.41. The van der Waals surface area contributed by atoms with E-state index in [4.69, 9.17) is 31.2 Å². The summed E-state index contributed by atoms with van der Waals surface area (Å²) in [4.78, 5) is 47.5. The van der Waals surface area contributed by atoms with Crippen molar-refractivity contribution < 1.29 is 37.8 Å². The van der Waals surface area contributed by atoms with Crippen LogP contribution in [0.25, 0.3) is 11.2 Å². The van der Waals surface area contributed by atoms with Gasteiger partial charge in [-0.2, -0.15) is 9.97 Å². The summed E-state index contributed by atoms with van der Waals surface area (Å²) >= 11 is 5.88. The summed E-state index contributed by atoms with van der Waals surface area (Å²) in [5, 5.41) is 2.84. The van der Waals surface area contributed by atoms with Gasteiger partial charge in [-0.05, 0) is 18.0 Å². The molecule has 2 heterocycles. The van der Waals surface area contributed by atoms with Crippen molar-refractivity contribution in [3.05, 3.63) is 11.6 Å². The van der Waals surface area contributed by atoms with E-state index in [1.54, 1.807) is 11.6 Å². The molecule has 13 nitrogen and oxygen atoms in total. The van der Waals surface area contributed by atoms with Crippen LogP contribution in [0.4, 0.5) is 5.82 Å². The number of phosphoric acid groups is 2. The highest BCUT2D eigenvalue weighted by molar-refractivity contribution is 7.46. The van der Waals surface area contributed by atoms with E-state index in [1.165, 1.54) is 6.33 Å². The summed E-state index contributed by atoms with van der Waals surface area (Å²) in [5.41, 5.74) is 0.890. The van der Waals surface area contributed by atoms with Crippen molar-refractivity contribution in [2.24, 2.45) is 5.92 Å². The summed E-state index contributed by atoms with van der Waals surface area (Å²) in [6.07, 6.45) is 1.67. The van der Waals surface area contributed by atoms with Crippen LogP contribution in [0.1, 0.15) is 6.42 Å². The van der Waals surface area contributed by atoms with Gasteiger partial charge >= 0.3 is 15.6 Å². The van der Waals surface area contributed by atoms with E-state index >= 15 is 0 Å². The first-order chi connectivity index (χ1) is 12.5. The maximum absolute atomic E-state index is 10.9. The van der Waals surface area contributed by atoms with E-state index in [-0.39, 0.29) is 18.2 Å². The predicted molar refractivity (Wildman–Crippen MR) is 94.0 cm³/mol. The third-order valence-corrected chi connectivity index (χ3v) is 4.55. The molecule has 0 aliphatic rings. The Morgan fingerprint density at radius 1 is 1.19 bits per heavy atom.